The van der Waals surface area contributed by atoms with Crippen molar-refractivity contribution >= 4 is 28.1 Å². The monoisotopic (exact) mass is 375 g/mol. The van der Waals surface area contributed by atoms with Crippen LogP contribution in [0.1, 0.15) is 11.1 Å². The van der Waals surface area contributed by atoms with E-state index in [0.717, 1.165) is 24.2 Å². The molecule has 0 atom stereocenters. The highest BCUT2D eigenvalue weighted by molar-refractivity contribution is 6.10. The number of methoxy groups -OCH3 is 2. The van der Waals surface area contributed by atoms with Crippen LogP contribution in [0.25, 0.3) is 10.8 Å². The standard InChI is InChI=1S/C23H25N3O2/c1-25(17-11-13-20(27-3)21(14-17)28-4)23(24)26(2)19-12-10-16-9-8-15-6-5-7-18(19)22(15)16/h5-7,10-14,24H,8-9H2,1-4H3. The summed E-state index contributed by atoms with van der Waals surface area (Å²) in [6, 6.07) is 16.5. The van der Waals surface area contributed by atoms with E-state index in [-0.39, 0.29) is 0 Å². The summed E-state index contributed by atoms with van der Waals surface area (Å²) in [7, 11) is 7.07. The highest BCUT2D eigenvalue weighted by Crippen LogP contribution is 2.37. The van der Waals surface area contributed by atoms with Gasteiger partial charge >= 0.3 is 0 Å². The number of hydrogen-bond acceptors (Lipinski definition) is 3. The number of nitrogens with zero attached hydrogens (tertiary/aromatic N) is 2. The van der Waals surface area contributed by atoms with Gasteiger partial charge in [0.25, 0.3) is 0 Å². The van der Waals surface area contributed by atoms with Crippen LogP contribution < -0.4 is 19.3 Å². The molecule has 0 heterocycles. The number of aryl methyl sites for hydroxylation is 2. The fourth-order valence-electron chi connectivity index (χ4n) is 4.02. The lowest BCUT2D eigenvalue weighted by atomic mass is 10.0. The largest absolute Gasteiger partial charge is 0.493 e. The van der Waals surface area contributed by atoms with E-state index in [2.05, 4.69) is 30.3 Å². The van der Waals surface area contributed by atoms with E-state index < -0.39 is 0 Å². The van der Waals surface area contributed by atoms with Crippen molar-refractivity contribution in [1.82, 2.24) is 0 Å². The van der Waals surface area contributed by atoms with Gasteiger partial charge in [-0.25, -0.2) is 0 Å². The van der Waals surface area contributed by atoms with Gasteiger partial charge in [-0.15, -0.1) is 0 Å². The smallest absolute Gasteiger partial charge is 0.202 e. The maximum atomic E-state index is 8.78. The third kappa shape index (κ3) is 2.83. The Morgan fingerprint density at radius 2 is 1.57 bits per heavy atom. The van der Waals surface area contributed by atoms with E-state index in [1.54, 1.807) is 14.2 Å². The lowest BCUT2D eigenvalue weighted by Crippen LogP contribution is -2.39. The minimum Gasteiger partial charge on any atom is -0.493 e. The Morgan fingerprint density at radius 1 is 0.857 bits per heavy atom. The summed E-state index contributed by atoms with van der Waals surface area (Å²) in [6.07, 6.45) is 2.20. The van der Waals surface area contributed by atoms with Gasteiger partial charge in [0.2, 0.25) is 5.96 Å². The van der Waals surface area contributed by atoms with Gasteiger partial charge in [-0.05, 0) is 47.6 Å². The number of rotatable bonds is 4. The van der Waals surface area contributed by atoms with Gasteiger partial charge in [-0.1, -0.05) is 24.3 Å². The minimum atomic E-state index is 0.380. The van der Waals surface area contributed by atoms with Crippen molar-refractivity contribution in [2.45, 2.75) is 12.8 Å². The second-order valence-electron chi connectivity index (χ2n) is 7.06. The van der Waals surface area contributed by atoms with E-state index in [0.29, 0.717) is 17.5 Å². The molecule has 0 fully saturated rings. The zero-order valence-electron chi connectivity index (χ0n) is 16.7. The molecular weight excluding hydrogens is 350 g/mol. The third-order valence-corrected chi connectivity index (χ3v) is 5.61. The van der Waals surface area contributed by atoms with Crippen molar-refractivity contribution in [1.29, 1.82) is 5.41 Å². The van der Waals surface area contributed by atoms with Gasteiger partial charge in [0.05, 0.1) is 19.9 Å². The molecule has 0 aliphatic heterocycles. The van der Waals surface area contributed by atoms with Crippen molar-refractivity contribution in [3.8, 4) is 11.5 Å². The van der Waals surface area contributed by atoms with Crippen LogP contribution in [0.15, 0.2) is 48.5 Å². The number of ether oxygens (including phenoxy) is 2. The molecule has 5 heteroatoms. The quantitative estimate of drug-likeness (QED) is 0.540. The van der Waals surface area contributed by atoms with Crippen molar-refractivity contribution in [2.24, 2.45) is 0 Å². The predicted molar refractivity (Wildman–Crippen MR) is 115 cm³/mol. The molecule has 0 aromatic heterocycles. The van der Waals surface area contributed by atoms with E-state index in [1.807, 2.05) is 42.1 Å². The number of benzene rings is 3. The summed E-state index contributed by atoms with van der Waals surface area (Å²) < 4.78 is 10.7. The first-order valence-corrected chi connectivity index (χ1v) is 9.36. The first kappa shape index (κ1) is 18.2. The van der Waals surface area contributed by atoms with Gasteiger partial charge in [-0.2, -0.15) is 0 Å². The normalized spacial score (nSPS) is 12.1. The molecule has 1 aliphatic rings. The number of guanidine groups is 1. The Hall–Kier alpha value is -3.21. The molecule has 4 rings (SSSR count). The molecule has 144 valence electrons. The molecule has 3 aromatic rings. The van der Waals surface area contributed by atoms with Crippen molar-refractivity contribution in [3.63, 3.8) is 0 Å². The Balaban J connectivity index is 1.68. The van der Waals surface area contributed by atoms with E-state index >= 15 is 0 Å². The molecule has 0 spiro atoms. The van der Waals surface area contributed by atoms with Crippen molar-refractivity contribution in [2.75, 3.05) is 38.1 Å². The van der Waals surface area contributed by atoms with Crippen LogP contribution in [0.3, 0.4) is 0 Å². The summed E-state index contributed by atoms with van der Waals surface area (Å²) in [5.74, 6) is 1.70. The molecule has 5 nitrogen and oxygen atoms in total. The van der Waals surface area contributed by atoms with Crippen LogP contribution in [-0.2, 0) is 12.8 Å². The first-order chi connectivity index (χ1) is 13.5. The molecule has 1 N–H and O–H groups in total. The van der Waals surface area contributed by atoms with Crippen LogP contribution in [0.4, 0.5) is 11.4 Å². The molecule has 0 saturated carbocycles. The Morgan fingerprint density at radius 3 is 2.29 bits per heavy atom. The average molecular weight is 375 g/mol. The third-order valence-electron chi connectivity index (χ3n) is 5.61. The van der Waals surface area contributed by atoms with E-state index in [9.17, 15) is 0 Å². The summed E-state index contributed by atoms with van der Waals surface area (Å²) in [6.45, 7) is 0. The van der Waals surface area contributed by atoms with Crippen LogP contribution >= 0.6 is 0 Å². The summed E-state index contributed by atoms with van der Waals surface area (Å²) in [5, 5.41) is 11.3. The highest BCUT2D eigenvalue weighted by Gasteiger charge is 2.21. The van der Waals surface area contributed by atoms with Crippen molar-refractivity contribution in [3.05, 3.63) is 59.7 Å². The maximum Gasteiger partial charge on any atom is 0.202 e. The molecule has 28 heavy (non-hydrogen) atoms. The molecule has 1 aliphatic carbocycles. The van der Waals surface area contributed by atoms with Gasteiger partial charge < -0.3 is 19.3 Å². The summed E-state index contributed by atoms with van der Waals surface area (Å²) >= 11 is 0. The Labute approximate surface area is 165 Å². The molecule has 0 amide bonds. The number of nitrogens with one attached hydrogen (secondary N) is 1. The SMILES string of the molecule is COc1ccc(N(C)C(=N)N(C)c2ccc3c4c(cccc24)CC3)cc1OC. The van der Waals surface area contributed by atoms with Gasteiger partial charge in [-0.3, -0.25) is 5.41 Å². The van der Waals surface area contributed by atoms with Crippen molar-refractivity contribution < 1.29 is 9.47 Å². The fourth-order valence-corrected chi connectivity index (χ4v) is 4.02. The molecule has 0 unspecified atom stereocenters. The summed E-state index contributed by atoms with van der Waals surface area (Å²) in [5.41, 5.74) is 4.71. The van der Waals surface area contributed by atoms with Gasteiger partial charge in [0.1, 0.15) is 0 Å². The molecule has 0 bridgehead atoms. The number of anilines is 2. The average Bonchev–Trinajstić information content (AvgIpc) is 3.17. The van der Waals surface area contributed by atoms with Gasteiger partial charge in [0, 0.05) is 31.2 Å². The highest BCUT2D eigenvalue weighted by atomic mass is 16.5. The minimum absolute atomic E-state index is 0.380. The lowest BCUT2D eigenvalue weighted by molar-refractivity contribution is 0.355. The lowest BCUT2D eigenvalue weighted by Gasteiger charge is -2.29. The zero-order valence-corrected chi connectivity index (χ0v) is 16.7. The second-order valence-corrected chi connectivity index (χ2v) is 7.06. The topological polar surface area (TPSA) is 48.8 Å². The Bertz CT molecular complexity index is 1050. The summed E-state index contributed by atoms with van der Waals surface area (Å²) in [4.78, 5) is 3.77. The van der Waals surface area contributed by atoms with Crippen LogP contribution in [0.5, 0.6) is 11.5 Å². The zero-order chi connectivity index (χ0) is 19.8. The molecule has 0 saturated heterocycles. The van der Waals surface area contributed by atoms with Crippen LogP contribution in [0.2, 0.25) is 0 Å². The molecule has 0 radical (unpaired) electrons. The van der Waals surface area contributed by atoms with E-state index in [1.165, 1.54) is 21.9 Å². The fraction of sp³-hybridized carbons (Fsp3) is 0.261. The second kappa shape index (κ2) is 7.08. The Kier molecular flexibility index (Phi) is 4.59. The van der Waals surface area contributed by atoms with Gasteiger partial charge in [0.15, 0.2) is 11.5 Å². The maximum absolute atomic E-state index is 8.78. The van der Waals surface area contributed by atoms with Crippen LogP contribution in [-0.4, -0.2) is 34.3 Å². The number of hydrogen-bond donors (Lipinski definition) is 1. The molecular formula is C23H25N3O2. The predicted octanol–water partition coefficient (Wildman–Crippen LogP) is 4.46. The molecule has 3 aromatic carbocycles. The van der Waals surface area contributed by atoms with E-state index in [4.69, 9.17) is 14.9 Å². The van der Waals surface area contributed by atoms with Crippen LogP contribution in [0, 0.1) is 5.41 Å². The first-order valence-electron chi connectivity index (χ1n) is 9.36.